The summed E-state index contributed by atoms with van der Waals surface area (Å²) in [5.41, 5.74) is 3.29. The molecule has 0 amide bonds. The molecule has 23 heavy (non-hydrogen) atoms. The van der Waals surface area contributed by atoms with Crippen LogP contribution in [0.5, 0.6) is 5.75 Å². The summed E-state index contributed by atoms with van der Waals surface area (Å²) in [5.74, 6) is -0.0330. The molecule has 1 heterocycles. The largest absolute Gasteiger partial charge is 0.508 e. The lowest BCUT2D eigenvalue weighted by molar-refractivity contribution is 0.474. The Labute approximate surface area is 132 Å². The summed E-state index contributed by atoms with van der Waals surface area (Å²) < 4.78 is 19.2. The highest BCUT2D eigenvalue weighted by atomic mass is 19.1. The van der Waals surface area contributed by atoms with Gasteiger partial charge < -0.3 is 14.8 Å². The molecule has 0 fully saturated rings. The van der Waals surface area contributed by atoms with Crippen LogP contribution in [0, 0.1) is 5.82 Å². The number of furan rings is 1. The Hall–Kier alpha value is -3.01. The molecule has 0 atom stereocenters. The third-order valence-electron chi connectivity index (χ3n) is 3.84. The molecule has 0 saturated carbocycles. The number of aromatic hydroxyl groups is 1. The Balaban J connectivity index is 1.68. The molecule has 0 aliphatic rings. The Bertz CT molecular complexity index is 1010. The number of hydrogen-bond acceptors (Lipinski definition) is 3. The number of phenols is 1. The van der Waals surface area contributed by atoms with E-state index in [-0.39, 0.29) is 11.6 Å². The molecule has 0 saturated heterocycles. The maximum Gasteiger partial charge on any atom is 0.135 e. The van der Waals surface area contributed by atoms with Gasteiger partial charge in [0.2, 0.25) is 0 Å². The van der Waals surface area contributed by atoms with Gasteiger partial charge in [0, 0.05) is 23.0 Å². The van der Waals surface area contributed by atoms with Gasteiger partial charge in [0.25, 0.3) is 0 Å². The van der Waals surface area contributed by atoms with Crippen LogP contribution < -0.4 is 5.32 Å². The van der Waals surface area contributed by atoms with Crippen molar-refractivity contribution in [3.05, 3.63) is 72.0 Å². The zero-order valence-electron chi connectivity index (χ0n) is 12.2. The van der Waals surface area contributed by atoms with Crippen molar-refractivity contribution in [2.24, 2.45) is 0 Å². The predicted molar refractivity (Wildman–Crippen MR) is 89.1 cm³/mol. The van der Waals surface area contributed by atoms with Gasteiger partial charge >= 0.3 is 0 Å². The molecule has 4 aromatic rings. The zero-order chi connectivity index (χ0) is 15.8. The minimum absolute atomic E-state index is 0.246. The Morgan fingerprint density at radius 1 is 0.913 bits per heavy atom. The Morgan fingerprint density at radius 3 is 2.52 bits per heavy atom. The van der Waals surface area contributed by atoms with Crippen molar-refractivity contribution in [1.82, 2.24) is 0 Å². The highest BCUT2D eigenvalue weighted by Gasteiger charge is 2.08. The lowest BCUT2D eigenvalue weighted by Crippen LogP contribution is -1.98. The van der Waals surface area contributed by atoms with Crippen LogP contribution in [-0.4, -0.2) is 5.11 Å². The molecule has 0 aliphatic heterocycles. The van der Waals surface area contributed by atoms with Crippen LogP contribution in [-0.2, 0) is 6.54 Å². The standard InChI is InChI=1S/C19H14FNO2/c20-13-4-6-18-16(9-13)17-10-14(5-7-19(17)23-18)21-11-12-2-1-3-15(22)8-12/h1-10,21-22H,11H2. The maximum atomic E-state index is 13.5. The van der Waals surface area contributed by atoms with Gasteiger partial charge in [-0.25, -0.2) is 4.39 Å². The van der Waals surface area contributed by atoms with Crippen molar-refractivity contribution in [2.75, 3.05) is 5.32 Å². The van der Waals surface area contributed by atoms with Crippen LogP contribution in [0.4, 0.5) is 10.1 Å². The number of nitrogens with one attached hydrogen (secondary N) is 1. The second kappa shape index (κ2) is 5.32. The molecule has 0 unspecified atom stereocenters. The molecule has 114 valence electrons. The van der Waals surface area contributed by atoms with Gasteiger partial charge in [-0.3, -0.25) is 0 Å². The smallest absolute Gasteiger partial charge is 0.135 e. The first-order chi connectivity index (χ1) is 11.2. The van der Waals surface area contributed by atoms with Crippen LogP contribution in [0.2, 0.25) is 0 Å². The van der Waals surface area contributed by atoms with E-state index in [1.54, 1.807) is 18.2 Å². The van der Waals surface area contributed by atoms with Gasteiger partial charge in [-0.15, -0.1) is 0 Å². The average Bonchev–Trinajstić information content (AvgIpc) is 2.90. The summed E-state index contributed by atoms with van der Waals surface area (Å²) in [6, 6.07) is 17.4. The second-order valence-electron chi connectivity index (χ2n) is 5.48. The summed E-state index contributed by atoms with van der Waals surface area (Å²) >= 11 is 0. The number of rotatable bonds is 3. The molecule has 0 spiro atoms. The molecule has 0 radical (unpaired) electrons. The predicted octanol–water partition coefficient (Wildman–Crippen LogP) is 5.04. The molecule has 3 aromatic carbocycles. The number of anilines is 1. The van der Waals surface area contributed by atoms with Gasteiger partial charge in [-0.1, -0.05) is 12.1 Å². The molecule has 0 bridgehead atoms. The fraction of sp³-hybridized carbons (Fsp3) is 0.0526. The lowest BCUT2D eigenvalue weighted by atomic mass is 10.1. The normalized spacial score (nSPS) is 11.2. The van der Waals surface area contributed by atoms with Crippen molar-refractivity contribution in [3.8, 4) is 5.75 Å². The average molecular weight is 307 g/mol. The highest BCUT2D eigenvalue weighted by Crippen LogP contribution is 2.31. The van der Waals surface area contributed by atoms with E-state index in [1.807, 2.05) is 30.3 Å². The summed E-state index contributed by atoms with van der Waals surface area (Å²) in [5, 5.41) is 14.4. The van der Waals surface area contributed by atoms with E-state index < -0.39 is 0 Å². The van der Waals surface area contributed by atoms with Crippen LogP contribution in [0.3, 0.4) is 0 Å². The molecule has 4 rings (SSSR count). The highest BCUT2D eigenvalue weighted by molar-refractivity contribution is 6.05. The Kier molecular flexibility index (Phi) is 3.15. The number of halogens is 1. The lowest BCUT2D eigenvalue weighted by Gasteiger charge is -2.07. The molecule has 1 aromatic heterocycles. The third-order valence-corrected chi connectivity index (χ3v) is 3.84. The summed E-state index contributed by atoms with van der Waals surface area (Å²) in [6.07, 6.45) is 0. The van der Waals surface area contributed by atoms with Gasteiger partial charge in [0.05, 0.1) is 0 Å². The van der Waals surface area contributed by atoms with E-state index in [0.717, 1.165) is 27.6 Å². The first-order valence-electron chi connectivity index (χ1n) is 7.33. The minimum Gasteiger partial charge on any atom is -0.508 e. The first-order valence-corrected chi connectivity index (χ1v) is 7.33. The third kappa shape index (κ3) is 2.59. The topological polar surface area (TPSA) is 45.4 Å². The van der Waals surface area contributed by atoms with E-state index in [2.05, 4.69) is 5.32 Å². The molecule has 0 aliphatic carbocycles. The van der Waals surface area contributed by atoms with Gasteiger partial charge in [0.1, 0.15) is 22.7 Å². The molecular formula is C19H14FNO2. The molecule has 2 N–H and O–H groups in total. The Morgan fingerprint density at radius 2 is 1.70 bits per heavy atom. The summed E-state index contributed by atoms with van der Waals surface area (Å²) in [6.45, 7) is 0.587. The van der Waals surface area contributed by atoms with Gasteiger partial charge in [0.15, 0.2) is 0 Å². The summed E-state index contributed by atoms with van der Waals surface area (Å²) in [7, 11) is 0. The SMILES string of the molecule is Oc1cccc(CNc2ccc3oc4ccc(F)cc4c3c2)c1. The van der Waals surface area contributed by atoms with Crippen molar-refractivity contribution in [3.63, 3.8) is 0 Å². The first kappa shape index (κ1) is 13.6. The van der Waals surface area contributed by atoms with Crippen LogP contribution in [0.25, 0.3) is 21.9 Å². The van der Waals surface area contributed by atoms with Crippen molar-refractivity contribution in [1.29, 1.82) is 0 Å². The van der Waals surface area contributed by atoms with Crippen molar-refractivity contribution < 1.29 is 13.9 Å². The minimum atomic E-state index is -0.279. The van der Waals surface area contributed by atoms with Gasteiger partial charge in [-0.05, 0) is 54.1 Å². The number of benzene rings is 3. The van der Waals surface area contributed by atoms with Gasteiger partial charge in [-0.2, -0.15) is 0 Å². The van der Waals surface area contributed by atoms with Crippen LogP contribution in [0.15, 0.2) is 65.1 Å². The van der Waals surface area contributed by atoms with Crippen molar-refractivity contribution >= 4 is 27.6 Å². The van der Waals surface area contributed by atoms with E-state index in [1.165, 1.54) is 12.1 Å². The summed E-state index contributed by atoms with van der Waals surface area (Å²) in [4.78, 5) is 0. The van der Waals surface area contributed by atoms with Crippen LogP contribution >= 0.6 is 0 Å². The number of phenolic OH excluding ortho intramolecular Hbond substituents is 1. The van der Waals surface area contributed by atoms with Crippen molar-refractivity contribution in [2.45, 2.75) is 6.54 Å². The fourth-order valence-corrected chi connectivity index (χ4v) is 2.73. The molecule has 3 nitrogen and oxygen atoms in total. The number of fused-ring (bicyclic) bond motifs is 3. The molecule has 4 heteroatoms. The quantitative estimate of drug-likeness (QED) is 0.557. The fourth-order valence-electron chi connectivity index (χ4n) is 2.73. The number of hydrogen-bond donors (Lipinski definition) is 2. The van der Waals surface area contributed by atoms with E-state index >= 15 is 0 Å². The van der Waals surface area contributed by atoms with E-state index in [4.69, 9.17) is 4.42 Å². The van der Waals surface area contributed by atoms with Crippen LogP contribution in [0.1, 0.15) is 5.56 Å². The molecular weight excluding hydrogens is 293 g/mol. The monoisotopic (exact) mass is 307 g/mol. The zero-order valence-corrected chi connectivity index (χ0v) is 12.2. The maximum absolute atomic E-state index is 13.5. The van der Waals surface area contributed by atoms with E-state index in [0.29, 0.717) is 12.1 Å². The van der Waals surface area contributed by atoms with E-state index in [9.17, 15) is 9.50 Å². The second-order valence-corrected chi connectivity index (χ2v) is 5.48.